The number of anilines is 1. The summed E-state index contributed by atoms with van der Waals surface area (Å²) in [6, 6.07) is 11.0. The molecule has 0 spiro atoms. The lowest BCUT2D eigenvalue weighted by Crippen LogP contribution is -2.12. The molecule has 0 saturated heterocycles. The molecule has 5 heteroatoms. The highest BCUT2D eigenvalue weighted by molar-refractivity contribution is 5.93. The molecule has 0 aliphatic carbocycles. The van der Waals surface area contributed by atoms with Crippen LogP contribution in [-0.4, -0.2) is 16.1 Å². The highest BCUT2D eigenvalue weighted by Gasteiger charge is 2.15. The van der Waals surface area contributed by atoms with E-state index in [1.165, 1.54) is 12.1 Å². The van der Waals surface area contributed by atoms with Gasteiger partial charge in [0.2, 0.25) is 5.91 Å². The molecule has 0 saturated carbocycles. The Labute approximate surface area is 116 Å². The first kappa shape index (κ1) is 13.7. The van der Waals surface area contributed by atoms with E-state index in [1.54, 1.807) is 37.3 Å². The van der Waals surface area contributed by atoms with Gasteiger partial charge >= 0.3 is 0 Å². The number of carbonyl (C=O) groups excluding carboxylic acids is 1. The quantitative estimate of drug-likeness (QED) is 0.687. The fourth-order valence-corrected chi connectivity index (χ4v) is 2.07. The van der Waals surface area contributed by atoms with Crippen LogP contribution in [0.1, 0.15) is 28.9 Å². The molecule has 1 unspecified atom stereocenters. The largest absolute Gasteiger partial charge is 0.507 e. The molecular formula is C15H16N2O3. The molecule has 0 radical (unpaired) electrons. The van der Waals surface area contributed by atoms with Crippen molar-refractivity contribution in [3.8, 4) is 11.5 Å². The molecule has 5 nitrogen and oxygen atoms in total. The van der Waals surface area contributed by atoms with Gasteiger partial charge in [0.1, 0.15) is 11.5 Å². The summed E-state index contributed by atoms with van der Waals surface area (Å²) in [6.45, 7) is 1.80. The Hall–Kier alpha value is -2.69. The van der Waals surface area contributed by atoms with Crippen molar-refractivity contribution in [2.75, 3.05) is 5.32 Å². The summed E-state index contributed by atoms with van der Waals surface area (Å²) < 4.78 is 0. The highest BCUT2D eigenvalue weighted by Crippen LogP contribution is 2.34. The van der Waals surface area contributed by atoms with Crippen molar-refractivity contribution in [3.05, 3.63) is 53.6 Å². The van der Waals surface area contributed by atoms with Gasteiger partial charge in [0.05, 0.1) is 11.6 Å². The molecule has 2 aromatic carbocycles. The van der Waals surface area contributed by atoms with Gasteiger partial charge in [0, 0.05) is 11.3 Å². The molecule has 104 valence electrons. The smallest absolute Gasteiger partial charge is 0.248 e. The van der Waals surface area contributed by atoms with Crippen LogP contribution in [-0.2, 0) is 0 Å². The van der Waals surface area contributed by atoms with E-state index < -0.39 is 5.91 Å². The zero-order chi connectivity index (χ0) is 14.7. The van der Waals surface area contributed by atoms with Crippen molar-refractivity contribution in [1.82, 2.24) is 0 Å². The predicted octanol–water partition coefficient (Wildman–Crippen LogP) is 2.37. The minimum atomic E-state index is -0.508. The Bertz CT molecular complexity index is 621. The molecule has 0 aromatic heterocycles. The number of primary amides is 1. The molecular weight excluding hydrogens is 256 g/mol. The number of amides is 1. The van der Waals surface area contributed by atoms with E-state index in [4.69, 9.17) is 5.73 Å². The number of aromatic hydroxyl groups is 2. The zero-order valence-corrected chi connectivity index (χ0v) is 11.0. The number of benzene rings is 2. The average Bonchev–Trinajstić information content (AvgIpc) is 2.38. The fourth-order valence-electron chi connectivity index (χ4n) is 2.07. The van der Waals surface area contributed by atoms with Crippen molar-refractivity contribution in [1.29, 1.82) is 0 Å². The van der Waals surface area contributed by atoms with Crippen LogP contribution in [0.4, 0.5) is 5.69 Å². The summed E-state index contributed by atoms with van der Waals surface area (Å²) in [5.41, 5.74) is 6.70. The number of phenols is 2. The van der Waals surface area contributed by atoms with E-state index in [1.807, 2.05) is 0 Å². The van der Waals surface area contributed by atoms with Gasteiger partial charge in [-0.25, -0.2) is 0 Å². The second kappa shape index (κ2) is 5.52. The van der Waals surface area contributed by atoms with Gasteiger partial charge in [0.15, 0.2) is 0 Å². The number of rotatable bonds is 4. The first-order chi connectivity index (χ1) is 9.49. The van der Waals surface area contributed by atoms with Crippen LogP contribution < -0.4 is 11.1 Å². The number of carbonyl (C=O) groups is 1. The predicted molar refractivity (Wildman–Crippen MR) is 76.8 cm³/mol. The molecule has 0 bridgehead atoms. The molecule has 0 heterocycles. The summed E-state index contributed by atoms with van der Waals surface area (Å²) in [6.07, 6.45) is 0. The topological polar surface area (TPSA) is 95.6 Å². The number of nitrogens with two attached hydrogens (primary N) is 1. The minimum Gasteiger partial charge on any atom is -0.507 e. The molecule has 0 aliphatic rings. The van der Waals surface area contributed by atoms with E-state index in [9.17, 15) is 15.0 Å². The number of hydrogen-bond donors (Lipinski definition) is 4. The summed E-state index contributed by atoms with van der Waals surface area (Å²) in [5, 5.41) is 22.7. The molecule has 2 rings (SSSR count). The summed E-state index contributed by atoms with van der Waals surface area (Å²) in [4.78, 5) is 11.1. The Balaban J connectivity index is 2.26. The van der Waals surface area contributed by atoms with Crippen molar-refractivity contribution in [3.63, 3.8) is 0 Å². The molecule has 0 aliphatic heterocycles. The molecule has 5 N–H and O–H groups in total. The van der Waals surface area contributed by atoms with Crippen LogP contribution in [0.25, 0.3) is 0 Å². The van der Waals surface area contributed by atoms with Gasteiger partial charge in [-0.1, -0.05) is 12.1 Å². The molecule has 1 amide bonds. The lowest BCUT2D eigenvalue weighted by Gasteiger charge is -2.18. The average molecular weight is 272 g/mol. The van der Waals surface area contributed by atoms with Crippen LogP contribution in [0.3, 0.4) is 0 Å². The number of nitrogens with one attached hydrogen (secondary N) is 1. The lowest BCUT2D eigenvalue weighted by atomic mass is 10.1. The van der Waals surface area contributed by atoms with Crippen molar-refractivity contribution < 1.29 is 15.0 Å². The third-order valence-corrected chi connectivity index (χ3v) is 3.02. The molecule has 1 atom stereocenters. The minimum absolute atomic E-state index is 0.0102. The maximum Gasteiger partial charge on any atom is 0.248 e. The van der Waals surface area contributed by atoms with Gasteiger partial charge in [-0.05, 0) is 37.3 Å². The maximum absolute atomic E-state index is 11.1. The lowest BCUT2D eigenvalue weighted by molar-refractivity contribution is 0.100. The van der Waals surface area contributed by atoms with Gasteiger partial charge in [-0.2, -0.15) is 0 Å². The zero-order valence-electron chi connectivity index (χ0n) is 11.0. The van der Waals surface area contributed by atoms with Crippen molar-refractivity contribution in [2.24, 2.45) is 5.73 Å². The molecule has 2 aromatic rings. The fraction of sp³-hybridized carbons (Fsp3) is 0.133. The summed E-state index contributed by atoms with van der Waals surface area (Å²) in [7, 11) is 0. The van der Waals surface area contributed by atoms with Gasteiger partial charge < -0.3 is 21.3 Å². The number of phenolic OH excluding ortho intramolecular Hbond substituents is 2. The summed E-state index contributed by atoms with van der Waals surface area (Å²) in [5.74, 6) is -0.487. The Morgan fingerprint density at radius 3 is 2.35 bits per heavy atom. The van der Waals surface area contributed by atoms with Gasteiger partial charge in [0.25, 0.3) is 0 Å². The molecule has 20 heavy (non-hydrogen) atoms. The molecule has 0 fully saturated rings. The maximum atomic E-state index is 11.1. The van der Waals surface area contributed by atoms with Crippen LogP contribution >= 0.6 is 0 Å². The first-order valence-corrected chi connectivity index (χ1v) is 6.16. The van der Waals surface area contributed by atoms with E-state index in [0.29, 0.717) is 16.8 Å². The van der Waals surface area contributed by atoms with E-state index in [0.717, 1.165) is 0 Å². The number of hydrogen-bond acceptors (Lipinski definition) is 4. The Kier molecular flexibility index (Phi) is 3.79. The highest BCUT2D eigenvalue weighted by atomic mass is 16.3. The first-order valence-electron chi connectivity index (χ1n) is 6.16. The van der Waals surface area contributed by atoms with E-state index in [-0.39, 0.29) is 17.5 Å². The third kappa shape index (κ3) is 2.83. The van der Waals surface area contributed by atoms with Crippen LogP contribution in [0.5, 0.6) is 11.5 Å². The Morgan fingerprint density at radius 1 is 1.15 bits per heavy atom. The normalized spacial score (nSPS) is 11.8. The van der Waals surface area contributed by atoms with E-state index >= 15 is 0 Å². The second-order valence-electron chi connectivity index (χ2n) is 4.52. The summed E-state index contributed by atoms with van der Waals surface area (Å²) >= 11 is 0. The van der Waals surface area contributed by atoms with Gasteiger partial charge in [-0.3, -0.25) is 4.79 Å². The van der Waals surface area contributed by atoms with Gasteiger partial charge in [-0.15, -0.1) is 0 Å². The monoisotopic (exact) mass is 272 g/mol. The second-order valence-corrected chi connectivity index (χ2v) is 4.52. The van der Waals surface area contributed by atoms with Crippen LogP contribution in [0.15, 0.2) is 42.5 Å². The third-order valence-electron chi connectivity index (χ3n) is 3.02. The van der Waals surface area contributed by atoms with Crippen molar-refractivity contribution in [2.45, 2.75) is 13.0 Å². The van der Waals surface area contributed by atoms with Crippen LogP contribution in [0, 0.1) is 0 Å². The SMILES string of the molecule is CC(Nc1cccc(C(N)=O)c1)c1c(O)cccc1O. The van der Waals surface area contributed by atoms with Crippen LogP contribution in [0.2, 0.25) is 0 Å². The van der Waals surface area contributed by atoms with Crippen molar-refractivity contribution >= 4 is 11.6 Å². The van der Waals surface area contributed by atoms with E-state index in [2.05, 4.69) is 5.32 Å². The standard InChI is InChI=1S/C15H16N2O3/c1-9(14-12(18)6-3-7-13(14)19)17-11-5-2-4-10(8-11)15(16)20/h2-9,17-19H,1H3,(H2,16,20). The Morgan fingerprint density at radius 2 is 1.75 bits per heavy atom.